The molecule has 0 radical (unpaired) electrons. The number of carbonyl (C=O) groups excluding carboxylic acids is 2. The van der Waals surface area contributed by atoms with Gasteiger partial charge in [0.1, 0.15) is 23.7 Å². The molecule has 1 fully saturated rings. The summed E-state index contributed by atoms with van der Waals surface area (Å²) in [6.45, 7) is 11.7. The molecule has 0 amide bonds. The van der Waals surface area contributed by atoms with E-state index in [4.69, 9.17) is 18.9 Å². The summed E-state index contributed by atoms with van der Waals surface area (Å²) >= 11 is 0. The third-order valence-electron chi connectivity index (χ3n) is 5.78. The van der Waals surface area contributed by atoms with E-state index in [-0.39, 0.29) is 24.5 Å². The lowest BCUT2D eigenvalue weighted by atomic mass is 9.94. The van der Waals surface area contributed by atoms with Crippen LogP contribution in [0.2, 0.25) is 25.7 Å². The number of ether oxygens (including phenoxy) is 4. The number of allylic oxidation sites excluding steroid dienone is 1. The number of hydrogen-bond donors (Lipinski definition) is 0. The van der Waals surface area contributed by atoms with Gasteiger partial charge in [0.05, 0.1) is 20.3 Å². The zero-order valence-electron chi connectivity index (χ0n) is 19.6. The van der Waals surface area contributed by atoms with Crippen molar-refractivity contribution < 1.29 is 28.5 Å². The largest absolute Gasteiger partial charge is 0.496 e. The lowest BCUT2D eigenvalue weighted by molar-refractivity contribution is -0.138. The molecular weight excluding hydrogens is 412 g/mol. The fraction of sp³-hybridized carbons (Fsp3) is 0.583. The zero-order chi connectivity index (χ0) is 22.8. The minimum absolute atomic E-state index is 0.229. The first-order chi connectivity index (χ1) is 14.7. The Bertz CT molecular complexity index is 893. The Morgan fingerprint density at radius 3 is 2.52 bits per heavy atom. The number of esters is 2. The Morgan fingerprint density at radius 1 is 1.23 bits per heavy atom. The Balaban J connectivity index is 2.03. The average Bonchev–Trinajstić information content (AvgIpc) is 3.45. The Hall–Kier alpha value is -2.28. The van der Waals surface area contributed by atoms with Gasteiger partial charge in [-0.05, 0) is 50.6 Å². The number of cyclic esters (lactones) is 1. The van der Waals surface area contributed by atoms with Gasteiger partial charge >= 0.3 is 11.9 Å². The van der Waals surface area contributed by atoms with Crippen LogP contribution in [0.3, 0.4) is 0 Å². The van der Waals surface area contributed by atoms with E-state index < -0.39 is 8.07 Å². The second-order valence-corrected chi connectivity index (χ2v) is 15.0. The second kappa shape index (κ2) is 9.47. The molecule has 31 heavy (non-hydrogen) atoms. The van der Waals surface area contributed by atoms with E-state index in [0.717, 1.165) is 35.6 Å². The van der Waals surface area contributed by atoms with Gasteiger partial charge in [-0.3, -0.25) is 0 Å². The molecular formula is C24H34O6Si. The molecule has 1 heterocycles. The SMILES string of the molecule is CCOC(=O)C(=CCc1c(OC)c(C)c2c(c1OCC[Si](C)(C)C)C(=O)OC2)C1CC1. The maximum Gasteiger partial charge on any atom is 0.342 e. The molecule has 0 aromatic heterocycles. The first kappa shape index (κ1) is 23.4. The van der Waals surface area contributed by atoms with Gasteiger partial charge < -0.3 is 18.9 Å². The lowest BCUT2D eigenvalue weighted by Gasteiger charge is -2.21. The van der Waals surface area contributed by atoms with E-state index in [9.17, 15) is 9.59 Å². The summed E-state index contributed by atoms with van der Waals surface area (Å²) in [6, 6.07) is 0.971. The molecule has 6 nitrogen and oxygen atoms in total. The predicted octanol–water partition coefficient (Wildman–Crippen LogP) is 4.83. The van der Waals surface area contributed by atoms with Crippen LogP contribution in [0.4, 0.5) is 0 Å². The molecule has 1 aromatic rings. The summed E-state index contributed by atoms with van der Waals surface area (Å²) in [5.41, 5.74) is 3.70. The van der Waals surface area contributed by atoms with Gasteiger partial charge in [0, 0.05) is 24.8 Å². The molecule has 1 aliphatic carbocycles. The van der Waals surface area contributed by atoms with Crippen molar-refractivity contribution in [3.63, 3.8) is 0 Å². The zero-order valence-corrected chi connectivity index (χ0v) is 20.6. The van der Waals surface area contributed by atoms with Gasteiger partial charge in [0.25, 0.3) is 0 Å². The van der Waals surface area contributed by atoms with Crippen molar-refractivity contribution in [3.8, 4) is 11.5 Å². The van der Waals surface area contributed by atoms with Crippen LogP contribution in [0.1, 0.15) is 46.8 Å². The van der Waals surface area contributed by atoms with E-state index in [1.807, 2.05) is 19.9 Å². The van der Waals surface area contributed by atoms with Gasteiger partial charge in [-0.25, -0.2) is 9.59 Å². The van der Waals surface area contributed by atoms with Crippen LogP contribution >= 0.6 is 0 Å². The summed E-state index contributed by atoms with van der Waals surface area (Å²) in [7, 11) is 0.307. The van der Waals surface area contributed by atoms with Crippen LogP contribution in [0.25, 0.3) is 0 Å². The van der Waals surface area contributed by atoms with E-state index >= 15 is 0 Å². The van der Waals surface area contributed by atoms with Crippen molar-refractivity contribution in [2.24, 2.45) is 5.92 Å². The monoisotopic (exact) mass is 446 g/mol. The van der Waals surface area contributed by atoms with E-state index in [1.54, 1.807) is 7.11 Å². The van der Waals surface area contributed by atoms with E-state index in [1.165, 1.54) is 0 Å². The predicted molar refractivity (Wildman–Crippen MR) is 122 cm³/mol. The number of benzene rings is 1. The van der Waals surface area contributed by atoms with Crippen LogP contribution in [0.15, 0.2) is 11.6 Å². The van der Waals surface area contributed by atoms with Gasteiger partial charge in [-0.15, -0.1) is 0 Å². The number of methoxy groups -OCH3 is 1. The van der Waals surface area contributed by atoms with Crippen molar-refractivity contribution in [2.45, 2.75) is 65.4 Å². The second-order valence-electron chi connectivity index (χ2n) is 9.41. The highest BCUT2D eigenvalue weighted by Gasteiger charge is 2.35. The lowest BCUT2D eigenvalue weighted by Crippen LogP contribution is -2.23. The summed E-state index contributed by atoms with van der Waals surface area (Å²) < 4.78 is 22.6. The maximum atomic E-state index is 12.6. The molecule has 1 aliphatic heterocycles. The number of hydrogen-bond acceptors (Lipinski definition) is 6. The maximum absolute atomic E-state index is 12.6. The highest BCUT2D eigenvalue weighted by Crippen LogP contribution is 2.44. The van der Waals surface area contributed by atoms with Gasteiger partial charge in [0.15, 0.2) is 0 Å². The molecule has 3 rings (SSSR count). The molecule has 0 saturated heterocycles. The molecule has 0 atom stereocenters. The fourth-order valence-corrected chi connectivity index (χ4v) is 4.58. The van der Waals surface area contributed by atoms with Crippen molar-refractivity contribution >= 4 is 20.0 Å². The standard InChI is InChI=1S/C24H34O6Si/c1-7-28-23(25)17(16-8-9-16)10-11-18-21(27-3)15(2)19-14-30-24(26)20(19)22(18)29-12-13-31(4,5)6/h10,16H,7-9,11-14H2,1-6H3. The quantitative estimate of drug-likeness (QED) is 0.291. The molecule has 0 spiro atoms. The minimum atomic E-state index is -1.32. The Kier molecular flexibility index (Phi) is 7.14. The first-order valence-corrected chi connectivity index (χ1v) is 14.8. The molecule has 0 unspecified atom stereocenters. The van der Waals surface area contributed by atoms with Crippen LogP contribution in [-0.2, 0) is 27.3 Å². The fourth-order valence-electron chi connectivity index (χ4n) is 3.87. The van der Waals surface area contributed by atoms with Crippen LogP contribution in [0.5, 0.6) is 11.5 Å². The minimum Gasteiger partial charge on any atom is -0.496 e. The number of rotatable bonds is 10. The first-order valence-electron chi connectivity index (χ1n) is 11.1. The normalized spacial score (nSPS) is 16.1. The van der Waals surface area contributed by atoms with Gasteiger partial charge in [-0.1, -0.05) is 25.7 Å². The van der Waals surface area contributed by atoms with E-state index in [2.05, 4.69) is 19.6 Å². The van der Waals surface area contributed by atoms with Crippen molar-refractivity contribution in [3.05, 3.63) is 33.9 Å². The Labute approximate surface area is 185 Å². The molecule has 0 bridgehead atoms. The van der Waals surface area contributed by atoms with Gasteiger partial charge in [-0.2, -0.15) is 0 Å². The van der Waals surface area contributed by atoms with Crippen molar-refractivity contribution in [1.82, 2.24) is 0 Å². The molecule has 1 saturated carbocycles. The highest BCUT2D eigenvalue weighted by molar-refractivity contribution is 6.76. The Morgan fingerprint density at radius 2 is 1.94 bits per heavy atom. The summed E-state index contributed by atoms with van der Waals surface area (Å²) in [6.07, 6.45) is 4.34. The molecule has 0 N–H and O–H groups in total. The van der Waals surface area contributed by atoms with Gasteiger partial charge in [0.2, 0.25) is 0 Å². The summed E-state index contributed by atoms with van der Waals surface area (Å²) in [4.78, 5) is 25.0. The third kappa shape index (κ3) is 5.32. The molecule has 1 aromatic carbocycles. The number of fused-ring (bicyclic) bond motifs is 1. The number of carbonyl (C=O) groups is 2. The molecule has 2 aliphatic rings. The third-order valence-corrected chi connectivity index (χ3v) is 7.48. The van der Waals surface area contributed by atoms with Crippen molar-refractivity contribution in [1.29, 1.82) is 0 Å². The molecule has 7 heteroatoms. The summed E-state index contributed by atoms with van der Waals surface area (Å²) in [5.74, 6) is 0.856. The topological polar surface area (TPSA) is 71.1 Å². The van der Waals surface area contributed by atoms with E-state index in [0.29, 0.717) is 42.3 Å². The van der Waals surface area contributed by atoms with Crippen LogP contribution in [-0.4, -0.2) is 40.3 Å². The van der Waals surface area contributed by atoms with Crippen LogP contribution in [0, 0.1) is 12.8 Å². The van der Waals surface area contributed by atoms with Crippen molar-refractivity contribution in [2.75, 3.05) is 20.3 Å². The highest BCUT2D eigenvalue weighted by atomic mass is 28.3. The smallest absolute Gasteiger partial charge is 0.342 e. The summed E-state index contributed by atoms with van der Waals surface area (Å²) in [5, 5.41) is 0. The molecule has 170 valence electrons. The average molecular weight is 447 g/mol. The van der Waals surface area contributed by atoms with Crippen LogP contribution < -0.4 is 9.47 Å².